The second kappa shape index (κ2) is 8.52. The van der Waals surface area contributed by atoms with Crippen LogP contribution in [0.2, 0.25) is 0 Å². The van der Waals surface area contributed by atoms with Gasteiger partial charge in [-0.1, -0.05) is 48.5 Å². The smallest absolute Gasteiger partial charge is 0.262 e. The van der Waals surface area contributed by atoms with Gasteiger partial charge < -0.3 is 4.74 Å². The van der Waals surface area contributed by atoms with Gasteiger partial charge in [-0.3, -0.25) is 14.7 Å². The largest absolute Gasteiger partial charge is 0.494 e. The first-order chi connectivity index (χ1) is 15.7. The lowest BCUT2D eigenvalue weighted by Gasteiger charge is -2.21. The van der Waals surface area contributed by atoms with Crippen LogP contribution in [-0.2, 0) is 4.79 Å². The molecule has 3 aromatic carbocycles. The van der Waals surface area contributed by atoms with Crippen LogP contribution in [0.3, 0.4) is 0 Å². The Morgan fingerprint density at radius 1 is 0.938 bits per heavy atom. The van der Waals surface area contributed by atoms with Crippen LogP contribution < -0.4 is 9.64 Å². The van der Waals surface area contributed by atoms with Gasteiger partial charge in [0, 0.05) is 22.8 Å². The van der Waals surface area contributed by atoms with E-state index in [0.29, 0.717) is 12.2 Å². The summed E-state index contributed by atoms with van der Waals surface area (Å²) in [4.78, 5) is 19.7. The molecule has 0 unspecified atom stereocenters. The Morgan fingerprint density at radius 2 is 1.75 bits per heavy atom. The quantitative estimate of drug-likeness (QED) is 0.368. The van der Waals surface area contributed by atoms with Crippen LogP contribution >= 0.6 is 0 Å². The molecule has 5 rings (SSSR count). The van der Waals surface area contributed by atoms with E-state index in [1.54, 1.807) is 11.1 Å². The van der Waals surface area contributed by atoms with Crippen LogP contribution in [0.1, 0.15) is 18.1 Å². The van der Waals surface area contributed by atoms with Crippen molar-refractivity contribution < 1.29 is 9.53 Å². The molecule has 0 aliphatic carbocycles. The van der Waals surface area contributed by atoms with Crippen molar-refractivity contribution in [3.05, 3.63) is 114 Å². The standard InChI is InChI=1S/C28H22N2O2/c1-2-32-25-13-10-20(11-14-25)17-23-19-27(21-7-4-3-5-8-21)30(28(23)31)24-12-15-26-22(18-24)9-6-16-29-26/h3-19H,2H2,1H3/b23-17+. The predicted molar refractivity (Wildman–Crippen MR) is 129 cm³/mol. The number of benzene rings is 3. The summed E-state index contributed by atoms with van der Waals surface area (Å²) in [7, 11) is 0. The van der Waals surface area contributed by atoms with Gasteiger partial charge in [0.25, 0.3) is 5.91 Å². The molecule has 1 aromatic heterocycles. The van der Waals surface area contributed by atoms with Gasteiger partial charge in [0.05, 0.1) is 17.8 Å². The molecule has 32 heavy (non-hydrogen) atoms. The molecule has 0 N–H and O–H groups in total. The number of amides is 1. The van der Waals surface area contributed by atoms with E-state index in [2.05, 4.69) is 4.98 Å². The number of fused-ring (bicyclic) bond motifs is 1. The molecule has 1 amide bonds. The molecule has 0 saturated carbocycles. The summed E-state index contributed by atoms with van der Waals surface area (Å²) in [5.41, 5.74) is 5.15. The number of carbonyl (C=O) groups is 1. The summed E-state index contributed by atoms with van der Waals surface area (Å²) in [5.74, 6) is 0.764. The van der Waals surface area contributed by atoms with Crippen LogP contribution in [0.5, 0.6) is 5.75 Å². The topological polar surface area (TPSA) is 42.4 Å². The van der Waals surface area contributed by atoms with Gasteiger partial charge in [-0.05, 0) is 66.6 Å². The van der Waals surface area contributed by atoms with E-state index in [-0.39, 0.29) is 5.91 Å². The Hall–Kier alpha value is -4.18. The van der Waals surface area contributed by atoms with E-state index in [1.807, 2.05) is 104 Å². The fourth-order valence-corrected chi connectivity index (χ4v) is 3.90. The maximum absolute atomic E-state index is 13.6. The first-order valence-electron chi connectivity index (χ1n) is 10.6. The molecule has 0 radical (unpaired) electrons. The van der Waals surface area contributed by atoms with Gasteiger partial charge in [-0.2, -0.15) is 0 Å². The Kier molecular flexibility index (Phi) is 5.26. The van der Waals surface area contributed by atoms with Crippen LogP contribution in [0.4, 0.5) is 5.69 Å². The van der Waals surface area contributed by atoms with Crippen molar-refractivity contribution in [2.24, 2.45) is 0 Å². The number of anilines is 1. The number of rotatable bonds is 5. The molecule has 0 saturated heterocycles. The van der Waals surface area contributed by atoms with Crippen LogP contribution in [0.15, 0.2) is 103 Å². The van der Waals surface area contributed by atoms with E-state index in [4.69, 9.17) is 4.74 Å². The normalized spacial score (nSPS) is 14.8. The summed E-state index contributed by atoms with van der Waals surface area (Å²) >= 11 is 0. The van der Waals surface area contributed by atoms with Crippen molar-refractivity contribution in [3.8, 4) is 5.75 Å². The Labute approximate surface area is 187 Å². The zero-order valence-corrected chi connectivity index (χ0v) is 17.7. The molecular weight excluding hydrogens is 396 g/mol. The number of pyridine rings is 1. The SMILES string of the molecule is CCOc1ccc(/C=C2\C=C(c3ccccc3)N(c3ccc4ncccc4c3)C2=O)cc1. The average molecular weight is 418 g/mol. The van der Waals surface area contributed by atoms with Crippen LogP contribution in [0, 0.1) is 0 Å². The third-order valence-corrected chi connectivity index (χ3v) is 5.41. The molecule has 4 aromatic rings. The molecular formula is C28H22N2O2. The second-order valence-corrected chi connectivity index (χ2v) is 7.52. The van der Waals surface area contributed by atoms with Crippen LogP contribution in [0.25, 0.3) is 22.7 Å². The highest BCUT2D eigenvalue weighted by molar-refractivity contribution is 6.23. The number of aromatic nitrogens is 1. The summed E-state index contributed by atoms with van der Waals surface area (Å²) < 4.78 is 5.52. The Morgan fingerprint density at radius 3 is 2.53 bits per heavy atom. The minimum Gasteiger partial charge on any atom is -0.494 e. The summed E-state index contributed by atoms with van der Waals surface area (Å²) in [6.45, 7) is 2.58. The van der Waals surface area contributed by atoms with Crippen molar-refractivity contribution in [2.45, 2.75) is 6.92 Å². The van der Waals surface area contributed by atoms with E-state index in [1.165, 1.54) is 0 Å². The zero-order chi connectivity index (χ0) is 21.9. The summed E-state index contributed by atoms with van der Waals surface area (Å²) in [5, 5.41) is 0.995. The van der Waals surface area contributed by atoms with Crippen molar-refractivity contribution in [1.29, 1.82) is 0 Å². The first-order valence-corrected chi connectivity index (χ1v) is 10.6. The maximum Gasteiger partial charge on any atom is 0.262 e. The fourth-order valence-electron chi connectivity index (χ4n) is 3.90. The number of hydrogen-bond donors (Lipinski definition) is 0. The highest BCUT2D eigenvalue weighted by Gasteiger charge is 2.30. The van der Waals surface area contributed by atoms with E-state index in [9.17, 15) is 4.79 Å². The molecule has 156 valence electrons. The molecule has 1 aliphatic rings. The zero-order valence-electron chi connectivity index (χ0n) is 17.7. The molecule has 4 nitrogen and oxygen atoms in total. The molecule has 0 bridgehead atoms. The average Bonchev–Trinajstić information content (AvgIpc) is 3.16. The monoisotopic (exact) mass is 418 g/mol. The Balaban J connectivity index is 1.58. The van der Waals surface area contributed by atoms with E-state index < -0.39 is 0 Å². The Bertz CT molecular complexity index is 1340. The van der Waals surface area contributed by atoms with E-state index in [0.717, 1.165) is 39.2 Å². The van der Waals surface area contributed by atoms with Gasteiger partial charge in [0.2, 0.25) is 0 Å². The molecule has 0 spiro atoms. The third-order valence-electron chi connectivity index (χ3n) is 5.41. The van der Waals surface area contributed by atoms with Gasteiger partial charge in [0.1, 0.15) is 5.75 Å². The number of nitrogens with zero attached hydrogens (tertiary/aromatic N) is 2. The minimum atomic E-state index is -0.0546. The van der Waals surface area contributed by atoms with Gasteiger partial charge in [-0.15, -0.1) is 0 Å². The summed E-state index contributed by atoms with van der Waals surface area (Å²) in [6.07, 6.45) is 5.65. The molecule has 0 fully saturated rings. The lowest BCUT2D eigenvalue weighted by molar-refractivity contribution is -0.113. The van der Waals surface area contributed by atoms with Gasteiger partial charge in [-0.25, -0.2) is 0 Å². The molecule has 4 heteroatoms. The lowest BCUT2D eigenvalue weighted by Crippen LogP contribution is -2.24. The minimum absolute atomic E-state index is 0.0546. The second-order valence-electron chi connectivity index (χ2n) is 7.52. The number of hydrogen-bond acceptors (Lipinski definition) is 3. The fraction of sp³-hybridized carbons (Fsp3) is 0.0714. The first kappa shape index (κ1) is 19.8. The molecule has 1 aliphatic heterocycles. The highest BCUT2D eigenvalue weighted by Crippen LogP contribution is 2.36. The van der Waals surface area contributed by atoms with Crippen molar-refractivity contribution >= 4 is 34.3 Å². The van der Waals surface area contributed by atoms with Crippen molar-refractivity contribution in [1.82, 2.24) is 4.98 Å². The summed E-state index contributed by atoms with van der Waals surface area (Å²) in [6, 6.07) is 27.6. The number of ether oxygens (including phenoxy) is 1. The van der Waals surface area contributed by atoms with Crippen molar-refractivity contribution in [3.63, 3.8) is 0 Å². The molecule has 0 atom stereocenters. The van der Waals surface area contributed by atoms with E-state index >= 15 is 0 Å². The predicted octanol–water partition coefficient (Wildman–Crippen LogP) is 6.10. The third kappa shape index (κ3) is 3.79. The highest BCUT2D eigenvalue weighted by atomic mass is 16.5. The van der Waals surface area contributed by atoms with Gasteiger partial charge in [0.15, 0.2) is 0 Å². The number of carbonyl (C=O) groups excluding carboxylic acids is 1. The van der Waals surface area contributed by atoms with Crippen molar-refractivity contribution in [2.75, 3.05) is 11.5 Å². The van der Waals surface area contributed by atoms with Gasteiger partial charge >= 0.3 is 0 Å². The van der Waals surface area contributed by atoms with Crippen LogP contribution in [-0.4, -0.2) is 17.5 Å². The maximum atomic E-state index is 13.6. The molecule has 2 heterocycles. The lowest BCUT2D eigenvalue weighted by atomic mass is 10.1.